The second-order valence-electron chi connectivity index (χ2n) is 3.25. The van der Waals surface area contributed by atoms with Crippen LogP contribution in [0.15, 0.2) is 22.7 Å². The fourth-order valence-electron chi connectivity index (χ4n) is 1.10. The summed E-state index contributed by atoms with van der Waals surface area (Å²) in [5, 5.41) is 0. The molecule has 100 valence electrons. The zero-order chi connectivity index (χ0) is 14.1. The van der Waals surface area contributed by atoms with Crippen molar-refractivity contribution in [2.45, 2.75) is 12.1 Å². The summed E-state index contributed by atoms with van der Waals surface area (Å²) in [4.78, 5) is 11.2. The molecule has 8 heteroatoms. The molecule has 0 aromatic heterocycles. The summed E-state index contributed by atoms with van der Waals surface area (Å²) in [6, 6.07) is 3.08. The quantitative estimate of drug-likeness (QED) is 0.621. The van der Waals surface area contributed by atoms with Crippen LogP contribution in [0.3, 0.4) is 0 Å². The van der Waals surface area contributed by atoms with Crippen LogP contribution in [0, 0.1) is 0 Å². The molecule has 1 aromatic rings. The zero-order valence-corrected chi connectivity index (χ0v) is 10.4. The first-order valence-corrected chi connectivity index (χ1v) is 5.23. The van der Waals surface area contributed by atoms with E-state index in [1.165, 1.54) is 7.11 Å². The number of hydrogen-bond acceptors (Lipinski definition) is 2. The van der Waals surface area contributed by atoms with Gasteiger partial charge in [0.1, 0.15) is 5.75 Å². The van der Waals surface area contributed by atoms with Crippen LogP contribution in [-0.2, 0) is 0 Å². The van der Waals surface area contributed by atoms with Crippen molar-refractivity contribution in [3.05, 3.63) is 28.2 Å². The highest BCUT2D eigenvalue weighted by Crippen LogP contribution is 2.39. The van der Waals surface area contributed by atoms with Gasteiger partial charge in [-0.2, -0.15) is 22.0 Å². The predicted molar refractivity (Wildman–Crippen MR) is 56.0 cm³/mol. The first-order valence-electron chi connectivity index (χ1n) is 4.44. The van der Waals surface area contributed by atoms with Crippen molar-refractivity contribution >= 4 is 21.7 Å². The minimum absolute atomic E-state index is 0.198. The van der Waals surface area contributed by atoms with E-state index in [4.69, 9.17) is 4.74 Å². The highest BCUT2D eigenvalue weighted by molar-refractivity contribution is 9.10. The number of halogens is 6. The topological polar surface area (TPSA) is 26.3 Å². The number of methoxy groups -OCH3 is 1. The van der Waals surface area contributed by atoms with Crippen molar-refractivity contribution in [2.75, 3.05) is 7.11 Å². The van der Waals surface area contributed by atoms with E-state index in [9.17, 15) is 26.7 Å². The molecular weight excluding hydrogens is 327 g/mol. The summed E-state index contributed by atoms with van der Waals surface area (Å²) in [6.45, 7) is 0. The maximum Gasteiger partial charge on any atom is 0.461 e. The van der Waals surface area contributed by atoms with Gasteiger partial charge in [-0.25, -0.2) is 0 Å². The van der Waals surface area contributed by atoms with Crippen molar-refractivity contribution in [3.63, 3.8) is 0 Å². The molecule has 0 aliphatic rings. The Kier molecular flexibility index (Phi) is 3.99. The molecule has 0 aliphatic heterocycles. The first kappa shape index (κ1) is 14.9. The molecule has 0 bridgehead atoms. The lowest BCUT2D eigenvalue weighted by Gasteiger charge is -2.18. The van der Waals surface area contributed by atoms with Crippen LogP contribution in [0.1, 0.15) is 10.4 Å². The van der Waals surface area contributed by atoms with Gasteiger partial charge in [0.05, 0.1) is 7.11 Å². The molecule has 0 amide bonds. The third-order valence-corrected chi connectivity index (χ3v) is 2.72. The minimum Gasteiger partial charge on any atom is -0.497 e. The summed E-state index contributed by atoms with van der Waals surface area (Å²) in [6.07, 6.45) is -5.93. The molecule has 2 nitrogen and oxygen atoms in total. The van der Waals surface area contributed by atoms with Gasteiger partial charge >= 0.3 is 12.1 Å². The first-order chi connectivity index (χ1) is 8.11. The van der Waals surface area contributed by atoms with Crippen molar-refractivity contribution in [1.82, 2.24) is 0 Å². The average Bonchev–Trinajstić information content (AvgIpc) is 2.26. The highest BCUT2D eigenvalue weighted by atomic mass is 79.9. The lowest BCUT2D eigenvalue weighted by Crippen LogP contribution is -2.44. The number of hydrogen-bond donors (Lipinski definition) is 0. The number of alkyl halides is 5. The molecule has 0 aliphatic carbocycles. The summed E-state index contributed by atoms with van der Waals surface area (Å²) in [7, 11) is 1.29. The maximum atomic E-state index is 12.8. The smallest absolute Gasteiger partial charge is 0.461 e. The van der Waals surface area contributed by atoms with E-state index in [0.717, 1.165) is 18.2 Å². The Morgan fingerprint density at radius 1 is 1.22 bits per heavy atom. The van der Waals surface area contributed by atoms with E-state index < -0.39 is 23.4 Å². The highest BCUT2D eigenvalue weighted by Gasteiger charge is 2.63. The van der Waals surface area contributed by atoms with Crippen molar-refractivity contribution < 1.29 is 31.5 Å². The van der Waals surface area contributed by atoms with Gasteiger partial charge < -0.3 is 4.74 Å². The molecular formula is C10H6BrF5O2. The number of carbonyl (C=O) groups excluding carboxylic acids is 1. The van der Waals surface area contributed by atoms with E-state index in [2.05, 4.69) is 15.9 Å². The Hall–Kier alpha value is -1.18. The summed E-state index contributed by atoms with van der Waals surface area (Å²) in [5.74, 6) is -7.53. The largest absolute Gasteiger partial charge is 0.497 e. The Balaban J connectivity index is 3.20. The molecule has 0 saturated heterocycles. The molecule has 0 spiro atoms. The zero-order valence-electron chi connectivity index (χ0n) is 8.82. The predicted octanol–water partition coefficient (Wildman–Crippen LogP) is 3.84. The fourth-order valence-corrected chi connectivity index (χ4v) is 1.64. The van der Waals surface area contributed by atoms with Gasteiger partial charge in [0.15, 0.2) is 0 Å². The SMILES string of the molecule is COc1ccc(C(=O)C(F)(F)C(F)(F)F)c(Br)c1. The minimum atomic E-state index is -5.93. The standard InChI is InChI=1S/C10H6BrF5O2/c1-18-5-2-3-6(7(11)4-5)8(17)9(12,13)10(14,15)16/h2-4H,1H3. The second kappa shape index (κ2) is 4.83. The Bertz CT molecular complexity index is 470. The van der Waals surface area contributed by atoms with Crippen LogP contribution in [-0.4, -0.2) is 25.0 Å². The van der Waals surface area contributed by atoms with Gasteiger partial charge in [-0.05, 0) is 34.1 Å². The molecule has 1 rings (SSSR count). The number of ether oxygens (including phenoxy) is 1. The maximum absolute atomic E-state index is 12.8. The van der Waals surface area contributed by atoms with E-state index in [0.29, 0.717) is 0 Å². The molecule has 0 unspecified atom stereocenters. The van der Waals surface area contributed by atoms with Crippen LogP contribution in [0.2, 0.25) is 0 Å². The molecule has 0 heterocycles. The van der Waals surface area contributed by atoms with E-state index in [1.807, 2.05) is 0 Å². The van der Waals surface area contributed by atoms with Gasteiger partial charge in [-0.1, -0.05) is 0 Å². The third kappa shape index (κ3) is 2.63. The van der Waals surface area contributed by atoms with Crippen LogP contribution in [0.4, 0.5) is 22.0 Å². The number of benzene rings is 1. The molecule has 1 aromatic carbocycles. The summed E-state index contributed by atoms with van der Waals surface area (Å²) < 4.78 is 66.3. The molecule has 0 saturated carbocycles. The molecule has 0 atom stereocenters. The van der Waals surface area contributed by atoms with Gasteiger partial charge in [0.25, 0.3) is 0 Å². The van der Waals surface area contributed by atoms with Gasteiger partial charge in [-0.15, -0.1) is 0 Å². The van der Waals surface area contributed by atoms with Crippen molar-refractivity contribution in [1.29, 1.82) is 0 Å². The number of rotatable bonds is 3. The van der Waals surface area contributed by atoms with Crippen LogP contribution < -0.4 is 4.74 Å². The lowest BCUT2D eigenvalue weighted by atomic mass is 10.1. The molecule has 0 N–H and O–H groups in total. The lowest BCUT2D eigenvalue weighted by molar-refractivity contribution is -0.255. The summed E-state index contributed by atoms with van der Waals surface area (Å²) >= 11 is 2.75. The van der Waals surface area contributed by atoms with Crippen LogP contribution >= 0.6 is 15.9 Å². The number of ketones is 1. The molecule has 0 fully saturated rings. The normalized spacial score (nSPS) is 12.4. The number of Topliss-reactive ketones (excluding diaryl/α,β-unsaturated/α-hetero) is 1. The average molecular weight is 333 g/mol. The molecule has 0 radical (unpaired) electrons. The van der Waals surface area contributed by atoms with Gasteiger partial charge in [-0.3, -0.25) is 4.79 Å². The van der Waals surface area contributed by atoms with Gasteiger partial charge in [0, 0.05) is 10.0 Å². The van der Waals surface area contributed by atoms with E-state index in [1.54, 1.807) is 0 Å². The Morgan fingerprint density at radius 2 is 1.78 bits per heavy atom. The van der Waals surface area contributed by atoms with E-state index >= 15 is 0 Å². The second-order valence-corrected chi connectivity index (χ2v) is 4.10. The third-order valence-electron chi connectivity index (χ3n) is 2.06. The number of carbonyl (C=O) groups is 1. The van der Waals surface area contributed by atoms with Gasteiger partial charge in [0.2, 0.25) is 5.78 Å². The fraction of sp³-hybridized carbons (Fsp3) is 0.300. The monoisotopic (exact) mass is 332 g/mol. The van der Waals surface area contributed by atoms with E-state index in [-0.39, 0.29) is 10.2 Å². The molecule has 18 heavy (non-hydrogen) atoms. The Morgan fingerprint density at radius 3 is 2.17 bits per heavy atom. The summed E-state index contributed by atoms with van der Waals surface area (Å²) in [5.41, 5.74) is -0.766. The van der Waals surface area contributed by atoms with Crippen LogP contribution in [0.25, 0.3) is 0 Å². The van der Waals surface area contributed by atoms with Crippen molar-refractivity contribution in [2.24, 2.45) is 0 Å². The van der Waals surface area contributed by atoms with Crippen LogP contribution in [0.5, 0.6) is 5.75 Å². The van der Waals surface area contributed by atoms with Crippen molar-refractivity contribution in [3.8, 4) is 5.75 Å². The Labute approximate surface area is 107 Å².